The van der Waals surface area contributed by atoms with Crippen LogP contribution in [0.15, 0.2) is 66.0 Å². The summed E-state index contributed by atoms with van der Waals surface area (Å²) < 4.78 is 16.5. The second-order valence-corrected chi connectivity index (χ2v) is 9.64. The van der Waals surface area contributed by atoms with Crippen LogP contribution in [-0.2, 0) is 34.0 Å². The van der Waals surface area contributed by atoms with E-state index in [4.69, 9.17) is 14.2 Å². The summed E-state index contributed by atoms with van der Waals surface area (Å²) in [6.07, 6.45) is 0. The van der Waals surface area contributed by atoms with E-state index in [1.165, 1.54) is 0 Å². The van der Waals surface area contributed by atoms with Crippen LogP contribution in [0.5, 0.6) is 11.5 Å². The summed E-state index contributed by atoms with van der Waals surface area (Å²) in [5.74, 6) is 1.06. The average molecular weight is 495 g/mol. The second-order valence-electron chi connectivity index (χ2n) is 8.61. The molecule has 8 heteroatoms. The molecule has 0 radical (unpaired) electrons. The molecule has 0 aliphatic carbocycles. The Morgan fingerprint density at radius 3 is 2.49 bits per heavy atom. The highest BCUT2D eigenvalue weighted by Gasteiger charge is 2.25. The summed E-state index contributed by atoms with van der Waals surface area (Å²) in [5.41, 5.74) is 1.94. The lowest BCUT2D eigenvalue weighted by molar-refractivity contribution is -0.145. The first-order valence-corrected chi connectivity index (χ1v) is 12.5. The topological polar surface area (TPSA) is 68.3 Å². The van der Waals surface area contributed by atoms with Gasteiger partial charge in [-0.2, -0.15) is 0 Å². The molecular formula is C27H30N2O5S. The first-order chi connectivity index (χ1) is 17.0. The largest absolute Gasteiger partial charge is 0.454 e. The Bertz CT molecular complexity index is 1120. The predicted molar refractivity (Wildman–Crippen MR) is 134 cm³/mol. The SMILES string of the molecule is CC(C)N(CC(=O)N(Cc1ccc2c(c1)OCO2)Cc1cccs1)C(=O)COCc1ccccc1. The molecule has 4 rings (SSSR count). The third kappa shape index (κ3) is 6.83. The fourth-order valence-corrected chi connectivity index (χ4v) is 4.52. The van der Waals surface area contributed by atoms with Crippen molar-refractivity contribution in [2.75, 3.05) is 19.9 Å². The lowest BCUT2D eigenvalue weighted by Gasteiger charge is -2.30. The first kappa shape index (κ1) is 24.8. The Labute approximate surface area is 209 Å². The molecule has 2 heterocycles. The molecular weight excluding hydrogens is 464 g/mol. The van der Waals surface area contributed by atoms with Gasteiger partial charge >= 0.3 is 0 Å². The monoisotopic (exact) mass is 494 g/mol. The second kappa shape index (κ2) is 11.9. The number of carbonyl (C=O) groups excluding carboxylic acids is 2. The van der Waals surface area contributed by atoms with Gasteiger partial charge in [0.1, 0.15) is 13.2 Å². The molecule has 1 aliphatic heterocycles. The zero-order valence-electron chi connectivity index (χ0n) is 20.0. The van der Waals surface area contributed by atoms with Crippen molar-refractivity contribution in [2.45, 2.75) is 39.6 Å². The Hall–Kier alpha value is -3.36. The zero-order chi connectivity index (χ0) is 24.6. The van der Waals surface area contributed by atoms with E-state index in [9.17, 15) is 9.59 Å². The number of nitrogens with zero attached hydrogens (tertiary/aromatic N) is 2. The minimum Gasteiger partial charge on any atom is -0.454 e. The lowest BCUT2D eigenvalue weighted by Crippen LogP contribution is -2.46. The van der Waals surface area contributed by atoms with Crippen LogP contribution in [0, 0.1) is 0 Å². The summed E-state index contributed by atoms with van der Waals surface area (Å²) in [6.45, 7) is 5.14. The standard InChI is InChI=1S/C27H30N2O5S/c1-20(2)29(27(31)18-32-17-21-7-4-3-5-8-21)16-26(30)28(15-23-9-6-12-35-23)14-22-10-11-24-25(13-22)34-19-33-24/h3-13,20H,14-19H2,1-2H3. The van der Waals surface area contributed by atoms with Gasteiger partial charge in [0, 0.05) is 17.5 Å². The van der Waals surface area contributed by atoms with Crippen LogP contribution in [0.4, 0.5) is 0 Å². The van der Waals surface area contributed by atoms with Crippen LogP contribution in [0.2, 0.25) is 0 Å². The maximum Gasteiger partial charge on any atom is 0.249 e. The molecule has 0 N–H and O–H groups in total. The van der Waals surface area contributed by atoms with Gasteiger partial charge in [0.2, 0.25) is 18.6 Å². The molecule has 2 amide bonds. The summed E-state index contributed by atoms with van der Waals surface area (Å²) in [5, 5.41) is 1.99. The van der Waals surface area contributed by atoms with E-state index < -0.39 is 0 Å². The number of thiophene rings is 1. The number of rotatable bonds is 11. The minimum atomic E-state index is -0.205. The van der Waals surface area contributed by atoms with E-state index in [0.717, 1.165) is 16.0 Å². The van der Waals surface area contributed by atoms with Crippen molar-refractivity contribution < 1.29 is 23.8 Å². The van der Waals surface area contributed by atoms with E-state index in [1.54, 1.807) is 21.1 Å². The number of hydrogen-bond donors (Lipinski definition) is 0. The van der Waals surface area contributed by atoms with Gasteiger partial charge in [0.25, 0.3) is 0 Å². The van der Waals surface area contributed by atoms with Gasteiger partial charge in [-0.1, -0.05) is 42.5 Å². The van der Waals surface area contributed by atoms with Gasteiger partial charge in [0.05, 0.1) is 13.2 Å². The van der Waals surface area contributed by atoms with E-state index in [0.29, 0.717) is 31.2 Å². The smallest absolute Gasteiger partial charge is 0.249 e. The summed E-state index contributed by atoms with van der Waals surface area (Å²) in [4.78, 5) is 30.8. The average Bonchev–Trinajstić information content (AvgIpc) is 3.54. The molecule has 184 valence electrons. The van der Waals surface area contributed by atoms with Crippen molar-refractivity contribution in [2.24, 2.45) is 0 Å². The van der Waals surface area contributed by atoms with Gasteiger partial charge in [-0.25, -0.2) is 0 Å². The molecule has 7 nitrogen and oxygen atoms in total. The normalized spacial score (nSPS) is 12.1. The van der Waals surface area contributed by atoms with E-state index in [-0.39, 0.29) is 37.8 Å². The number of amides is 2. The molecule has 0 unspecified atom stereocenters. The molecule has 0 saturated carbocycles. The number of carbonyl (C=O) groups is 2. The Morgan fingerprint density at radius 2 is 1.74 bits per heavy atom. The van der Waals surface area contributed by atoms with Crippen molar-refractivity contribution in [1.82, 2.24) is 9.80 Å². The summed E-state index contributed by atoms with van der Waals surface area (Å²) in [6, 6.07) is 19.2. The van der Waals surface area contributed by atoms with Crippen molar-refractivity contribution >= 4 is 23.2 Å². The van der Waals surface area contributed by atoms with Gasteiger partial charge in [-0.15, -0.1) is 11.3 Å². The Morgan fingerprint density at radius 1 is 0.943 bits per heavy atom. The fourth-order valence-electron chi connectivity index (χ4n) is 3.80. The van der Waals surface area contributed by atoms with Gasteiger partial charge < -0.3 is 24.0 Å². The molecule has 1 aromatic heterocycles. The quantitative estimate of drug-likeness (QED) is 0.394. The van der Waals surface area contributed by atoms with Crippen molar-refractivity contribution in [1.29, 1.82) is 0 Å². The van der Waals surface area contributed by atoms with Gasteiger partial charge in [-0.05, 0) is 48.6 Å². The van der Waals surface area contributed by atoms with Gasteiger partial charge in [-0.3, -0.25) is 9.59 Å². The van der Waals surface area contributed by atoms with Crippen molar-refractivity contribution in [3.63, 3.8) is 0 Å². The number of benzene rings is 2. The van der Waals surface area contributed by atoms with E-state index >= 15 is 0 Å². The minimum absolute atomic E-state index is 0.0128. The first-order valence-electron chi connectivity index (χ1n) is 11.6. The number of fused-ring (bicyclic) bond motifs is 1. The molecule has 0 saturated heterocycles. The predicted octanol–water partition coefficient (Wildman–Crippen LogP) is 4.46. The Kier molecular flexibility index (Phi) is 8.39. The summed E-state index contributed by atoms with van der Waals surface area (Å²) in [7, 11) is 0. The van der Waals surface area contributed by atoms with Crippen LogP contribution in [0.3, 0.4) is 0 Å². The van der Waals surface area contributed by atoms with Crippen LogP contribution in [0.25, 0.3) is 0 Å². The van der Waals surface area contributed by atoms with E-state index in [1.807, 2.05) is 79.9 Å². The molecule has 1 aliphatic rings. The third-order valence-corrected chi connectivity index (χ3v) is 6.54. The highest BCUT2D eigenvalue weighted by molar-refractivity contribution is 7.09. The van der Waals surface area contributed by atoms with Crippen molar-refractivity contribution in [3.05, 3.63) is 82.0 Å². The summed E-state index contributed by atoms with van der Waals surface area (Å²) >= 11 is 1.60. The van der Waals surface area contributed by atoms with Crippen LogP contribution in [-0.4, -0.2) is 47.6 Å². The molecule has 0 bridgehead atoms. The molecule has 0 fully saturated rings. The number of ether oxygens (including phenoxy) is 3. The van der Waals surface area contributed by atoms with E-state index in [2.05, 4.69) is 0 Å². The highest BCUT2D eigenvalue weighted by atomic mass is 32.1. The zero-order valence-corrected chi connectivity index (χ0v) is 20.8. The van der Waals surface area contributed by atoms with Crippen molar-refractivity contribution in [3.8, 4) is 11.5 Å². The highest BCUT2D eigenvalue weighted by Crippen LogP contribution is 2.33. The number of hydrogen-bond acceptors (Lipinski definition) is 6. The lowest BCUT2D eigenvalue weighted by atomic mass is 10.1. The van der Waals surface area contributed by atoms with Crippen LogP contribution in [0.1, 0.15) is 29.9 Å². The Balaban J connectivity index is 1.41. The molecule has 0 spiro atoms. The molecule has 35 heavy (non-hydrogen) atoms. The molecule has 2 aromatic carbocycles. The molecule has 3 aromatic rings. The van der Waals surface area contributed by atoms with Crippen LogP contribution < -0.4 is 9.47 Å². The maximum absolute atomic E-state index is 13.5. The molecule has 0 atom stereocenters. The third-order valence-electron chi connectivity index (χ3n) is 5.68. The maximum atomic E-state index is 13.5. The fraction of sp³-hybridized carbons (Fsp3) is 0.333. The van der Waals surface area contributed by atoms with Gasteiger partial charge in [0.15, 0.2) is 11.5 Å². The van der Waals surface area contributed by atoms with Crippen LogP contribution >= 0.6 is 11.3 Å².